The van der Waals surface area contributed by atoms with E-state index < -0.39 is 0 Å². The molecule has 0 aliphatic rings. The summed E-state index contributed by atoms with van der Waals surface area (Å²) in [6.45, 7) is 2.56. The summed E-state index contributed by atoms with van der Waals surface area (Å²) in [5, 5.41) is 14.0. The normalized spacial score (nSPS) is 10.4. The highest BCUT2D eigenvalue weighted by Gasteiger charge is 2.09. The summed E-state index contributed by atoms with van der Waals surface area (Å²) in [6.07, 6.45) is 0.937. The van der Waals surface area contributed by atoms with Crippen LogP contribution < -0.4 is 5.32 Å². The second kappa shape index (κ2) is 6.16. The first-order valence-corrected chi connectivity index (χ1v) is 7.40. The number of nitrogens with zero attached hydrogens (tertiary/aromatic N) is 1. The van der Waals surface area contributed by atoms with Crippen LogP contribution in [0.5, 0.6) is 0 Å². The minimum atomic E-state index is -0.359. The summed E-state index contributed by atoms with van der Waals surface area (Å²) >= 11 is 5.15. The number of thiophene rings is 1. The molecule has 1 N–H and O–H groups in total. The summed E-state index contributed by atoms with van der Waals surface area (Å²) < 4.78 is 1.13. The molecule has 100 valence electrons. The van der Waals surface area contributed by atoms with Gasteiger partial charge in [-0.15, -0.1) is 11.3 Å². The highest BCUT2D eigenvalue weighted by molar-refractivity contribution is 9.11. The molecule has 1 aromatic carbocycles. The van der Waals surface area contributed by atoms with Gasteiger partial charge in [-0.05, 0) is 53.5 Å². The third-order valence-corrected chi connectivity index (χ3v) is 4.41. The summed E-state index contributed by atoms with van der Waals surface area (Å²) in [7, 11) is 0. The highest BCUT2D eigenvalue weighted by atomic mass is 79.9. The molecule has 6 heteroatoms. The van der Waals surface area contributed by atoms with Crippen LogP contribution in [0.25, 0.3) is 0 Å². The van der Waals surface area contributed by atoms with Crippen LogP contribution in [0.1, 0.15) is 10.4 Å². The monoisotopic (exact) mass is 340 g/mol. The lowest BCUT2D eigenvalue weighted by Gasteiger charge is -2.06. The number of nitro benzene ring substituents is 1. The van der Waals surface area contributed by atoms with E-state index in [1.807, 2.05) is 12.1 Å². The Morgan fingerprint density at radius 1 is 1.37 bits per heavy atom. The van der Waals surface area contributed by atoms with Crippen molar-refractivity contribution in [3.63, 3.8) is 0 Å². The van der Waals surface area contributed by atoms with Gasteiger partial charge in [0.15, 0.2) is 0 Å². The van der Waals surface area contributed by atoms with Gasteiger partial charge in [0.05, 0.1) is 8.71 Å². The molecule has 0 fully saturated rings. The largest absolute Gasteiger partial charge is 0.385 e. The predicted octanol–water partition coefficient (Wildman–Crippen LogP) is 4.38. The molecule has 0 saturated carbocycles. The number of anilines is 1. The number of rotatable bonds is 5. The molecule has 0 unspecified atom stereocenters. The van der Waals surface area contributed by atoms with Crippen molar-refractivity contribution in [3.05, 3.63) is 54.7 Å². The molecule has 4 nitrogen and oxygen atoms in total. The van der Waals surface area contributed by atoms with Crippen molar-refractivity contribution in [1.82, 2.24) is 0 Å². The third-order valence-electron chi connectivity index (χ3n) is 2.72. The van der Waals surface area contributed by atoms with Crippen molar-refractivity contribution in [2.24, 2.45) is 0 Å². The predicted molar refractivity (Wildman–Crippen MR) is 82.0 cm³/mol. The molecular formula is C13H13BrN2O2S. The topological polar surface area (TPSA) is 55.2 Å². The first kappa shape index (κ1) is 14.0. The average Bonchev–Trinajstić information content (AvgIpc) is 2.75. The average molecular weight is 341 g/mol. The van der Waals surface area contributed by atoms with Gasteiger partial charge in [-0.3, -0.25) is 10.1 Å². The van der Waals surface area contributed by atoms with Crippen LogP contribution in [0, 0.1) is 17.0 Å². The molecule has 1 aromatic heterocycles. The van der Waals surface area contributed by atoms with Crippen LogP contribution in [-0.4, -0.2) is 11.5 Å². The second-order valence-electron chi connectivity index (χ2n) is 4.14. The second-order valence-corrected chi connectivity index (χ2v) is 6.69. The molecule has 0 spiro atoms. The zero-order chi connectivity index (χ0) is 13.8. The maximum Gasteiger partial charge on any atom is 0.272 e. The van der Waals surface area contributed by atoms with Gasteiger partial charge in [0, 0.05) is 28.7 Å². The van der Waals surface area contributed by atoms with Crippen molar-refractivity contribution >= 4 is 38.6 Å². The maximum absolute atomic E-state index is 10.7. The van der Waals surface area contributed by atoms with Gasteiger partial charge in [0.2, 0.25) is 0 Å². The van der Waals surface area contributed by atoms with Gasteiger partial charge >= 0.3 is 0 Å². The third kappa shape index (κ3) is 3.78. The number of nitrogens with one attached hydrogen (secondary N) is 1. The van der Waals surface area contributed by atoms with Gasteiger partial charge < -0.3 is 5.32 Å². The standard InChI is InChI=1S/C13H13BrN2O2S/c1-9-8-10(2-4-12(9)16(17)18)15-7-6-11-3-5-13(14)19-11/h2-5,8,15H,6-7H2,1H3. The molecule has 0 aliphatic carbocycles. The highest BCUT2D eigenvalue weighted by Crippen LogP contribution is 2.23. The van der Waals surface area contributed by atoms with E-state index in [4.69, 9.17) is 0 Å². The van der Waals surface area contributed by atoms with Crippen molar-refractivity contribution in [1.29, 1.82) is 0 Å². The van der Waals surface area contributed by atoms with Gasteiger partial charge in [0.1, 0.15) is 0 Å². The number of hydrogen-bond acceptors (Lipinski definition) is 4. The zero-order valence-electron chi connectivity index (χ0n) is 10.4. The van der Waals surface area contributed by atoms with Crippen LogP contribution in [0.4, 0.5) is 11.4 Å². The Labute approximate surface area is 123 Å². The first-order valence-electron chi connectivity index (χ1n) is 5.79. The molecule has 0 aliphatic heterocycles. The number of benzene rings is 1. The van der Waals surface area contributed by atoms with Gasteiger partial charge in [-0.1, -0.05) is 0 Å². The number of hydrogen-bond donors (Lipinski definition) is 1. The van der Waals surface area contributed by atoms with Crippen LogP contribution in [-0.2, 0) is 6.42 Å². The van der Waals surface area contributed by atoms with Crippen molar-refractivity contribution in [2.75, 3.05) is 11.9 Å². The Morgan fingerprint density at radius 3 is 2.74 bits per heavy atom. The van der Waals surface area contributed by atoms with Crippen LogP contribution in [0.2, 0.25) is 0 Å². The van der Waals surface area contributed by atoms with E-state index >= 15 is 0 Å². The smallest absolute Gasteiger partial charge is 0.272 e. The zero-order valence-corrected chi connectivity index (χ0v) is 12.8. The summed E-state index contributed by atoms with van der Waals surface area (Å²) in [4.78, 5) is 11.7. The molecule has 0 bridgehead atoms. The molecule has 2 rings (SSSR count). The quantitative estimate of drug-likeness (QED) is 0.648. The van der Waals surface area contributed by atoms with E-state index in [9.17, 15) is 10.1 Å². The Bertz CT molecular complexity index is 598. The Morgan fingerprint density at radius 2 is 2.16 bits per heavy atom. The van der Waals surface area contributed by atoms with Crippen LogP contribution in [0.15, 0.2) is 34.1 Å². The Hall–Kier alpha value is -1.40. The van der Waals surface area contributed by atoms with Crippen molar-refractivity contribution in [2.45, 2.75) is 13.3 Å². The lowest BCUT2D eigenvalue weighted by atomic mass is 10.2. The molecule has 0 saturated heterocycles. The van der Waals surface area contributed by atoms with E-state index in [0.717, 1.165) is 22.4 Å². The molecule has 19 heavy (non-hydrogen) atoms. The van der Waals surface area contributed by atoms with Gasteiger partial charge in [0.25, 0.3) is 5.69 Å². The fraction of sp³-hybridized carbons (Fsp3) is 0.231. The summed E-state index contributed by atoms with van der Waals surface area (Å²) in [6, 6.07) is 9.23. The first-order chi connectivity index (χ1) is 9.06. The molecule has 2 aromatic rings. The lowest BCUT2D eigenvalue weighted by Crippen LogP contribution is -2.04. The maximum atomic E-state index is 10.7. The minimum absolute atomic E-state index is 0.160. The molecule has 0 atom stereocenters. The van der Waals surface area contributed by atoms with Crippen LogP contribution in [0.3, 0.4) is 0 Å². The van der Waals surface area contributed by atoms with E-state index in [-0.39, 0.29) is 10.6 Å². The minimum Gasteiger partial charge on any atom is -0.385 e. The summed E-state index contributed by atoms with van der Waals surface area (Å²) in [5.74, 6) is 0. The number of nitro groups is 1. The fourth-order valence-corrected chi connectivity index (χ4v) is 3.27. The Balaban J connectivity index is 1.93. The van der Waals surface area contributed by atoms with Crippen molar-refractivity contribution < 1.29 is 4.92 Å². The number of halogens is 1. The van der Waals surface area contributed by atoms with E-state index in [1.165, 1.54) is 4.88 Å². The molecular weight excluding hydrogens is 328 g/mol. The van der Waals surface area contributed by atoms with Crippen molar-refractivity contribution in [3.8, 4) is 0 Å². The van der Waals surface area contributed by atoms with Crippen LogP contribution >= 0.6 is 27.3 Å². The van der Waals surface area contributed by atoms with E-state index in [2.05, 4.69) is 27.3 Å². The fourth-order valence-electron chi connectivity index (χ4n) is 1.79. The van der Waals surface area contributed by atoms with E-state index in [0.29, 0.717) is 5.56 Å². The summed E-state index contributed by atoms with van der Waals surface area (Å²) in [5.41, 5.74) is 1.75. The number of aryl methyl sites for hydroxylation is 1. The van der Waals surface area contributed by atoms with E-state index in [1.54, 1.807) is 30.4 Å². The molecule has 0 amide bonds. The molecule has 0 radical (unpaired) electrons. The molecule has 1 heterocycles. The Kier molecular flexibility index (Phi) is 4.55. The van der Waals surface area contributed by atoms with Gasteiger partial charge in [-0.25, -0.2) is 0 Å². The van der Waals surface area contributed by atoms with Gasteiger partial charge in [-0.2, -0.15) is 0 Å². The SMILES string of the molecule is Cc1cc(NCCc2ccc(Br)s2)ccc1[N+](=O)[O-]. The lowest BCUT2D eigenvalue weighted by molar-refractivity contribution is -0.385.